The zero-order chi connectivity index (χ0) is 20.1. The Labute approximate surface area is 154 Å². The van der Waals surface area contributed by atoms with E-state index in [1.165, 1.54) is 12.2 Å². The van der Waals surface area contributed by atoms with Crippen molar-refractivity contribution >= 4 is 23.5 Å². The van der Waals surface area contributed by atoms with Crippen molar-refractivity contribution in [1.29, 1.82) is 0 Å². The molecule has 0 spiro atoms. The molecule has 0 unspecified atom stereocenters. The number of hydrogen-bond donors (Lipinski definition) is 2. The summed E-state index contributed by atoms with van der Waals surface area (Å²) in [5.74, 6) is -2.23. The molecule has 1 aliphatic rings. The molecular formula is C20H28O6. The summed E-state index contributed by atoms with van der Waals surface area (Å²) in [4.78, 5) is 46.6. The summed E-state index contributed by atoms with van der Waals surface area (Å²) in [5.41, 5.74) is -0.369. The van der Waals surface area contributed by atoms with E-state index in [0.717, 1.165) is 0 Å². The molecule has 0 radical (unpaired) electrons. The first kappa shape index (κ1) is 21.8. The van der Waals surface area contributed by atoms with Crippen LogP contribution in [0.3, 0.4) is 0 Å². The molecule has 1 rings (SSSR count). The van der Waals surface area contributed by atoms with Gasteiger partial charge in [0.15, 0.2) is 11.6 Å². The van der Waals surface area contributed by atoms with Gasteiger partial charge < -0.3 is 10.2 Å². The average molecular weight is 364 g/mol. The molecule has 26 heavy (non-hydrogen) atoms. The Morgan fingerprint density at radius 2 is 1.08 bits per heavy atom. The van der Waals surface area contributed by atoms with Crippen molar-refractivity contribution in [2.24, 2.45) is 10.8 Å². The van der Waals surface area contributed by atoms with E-state index in [1.54, 1.807) is 0 Å². The normalized spacial score (nSPS) is 15.5. The molecule has 0 atom stereocenters. The second-order valence-corrected chi connectivity index (χ2v) is 8.11. The molecule has 0 amide bonds. The third kappa shape index (κ3) is 5.93. The second kappa shape index (κ2) is 8.43. The molecule has 6 nitrogen and oxygen atoms in total. The van der Waals surface area contributed by atoms with Gasteiger partial charge >= 0.3 is 11.9 Å². The van der Waals surface area contributed by atoms with Gasteiger partial charge in [-0.25, -0.2) is 0 Å². The largest absolute Gasteiger partial charge is 0.481 e. The lowest BCUT2D eigenvalue weighted by molar-refractivity contribution is -0.138. The van der Waals surface area contributed by atoms with E-state index in [4.69, 9.17) is 10.2 Å². The van der Waals surface area contributed by atoms with Crippen LogP contribution in [-0.4, -0.2) is 33.7 Å². The first-order valence-corrected chi connectivity index (χ1v) is 8.83. The molecule has 0 saturated heterocycles. The van der Waals surface area contributed by atoms with Crippen LogP contribution in [0.4, 0.5) is 0 Å². The lowest BCUT2D eigenvalue weighted by Crippen LogP contribution is -2.30. The first-order valence-electron chi connectivity index (χ1n) is 8.83. The van der Waals surface area contributed by atoms with Gasteiger partial charge in [0.05, 0.1) is 0 Å². The summed E-state index contributed by atoms with van der Waals surface area (Å²) < 4.78 is 0. The number of rotatable bonds is 10. The second-order valence-electron chi connectivity index (χ2n) is 8.11. The number of carboxylic acid groups (broad SMARTS) is 2. The summed E-state index contributed by atoms with van der Waals surface area (Å²) >= 11 is 0. The number of aliphatic carboxylic acids is 2. The Morgan fingerprint density at radius 1 is 0.769 bits per heavy atom. The Balaban J connectivity index is 2.89. The van der Waals surface area contributed by atoms with Gasteiger partial charge in [-0.1, -0.05) is 27.7 Å². The molecule has 0 aliphatic heterocycles. The van der Waals surface area contributed by atoms with Crippen molar-refractivity contribution < 1.29 is 29.4 Å². The summed E-state index contributed by atoms with van der Waals surface area (Å²) in [6, 6.07) is 0. The van der Waals surface area contributed by atoms with Crippen LogP contribution >= 0.6 is 0 Å². The molecule has 144 valence electrons. The maximum Gasteiger partial charge on any atom is 0.303 e. The van der Waals surface area contributed by atoms with E-state index < -0.39 is 22.8 Å². The van der Waals surface area contributed by atoms with Gasteiger partial charge in [0.1, 0.15) is 0 Å². The number of hydrogen-bond acceptors (Lipinski definition) is 4. The number of carboxylic acids is 2. The minimum Gasteiger partial charge on any atom is -0.481 e. The lowest BCUT2D eigenvalue weighted by Gasteiger charge is -2.32. The maximum absolute atomic E-state index is 12.6. The summed E-state index contributed by atoms with van der Waals surface area (Å²) in [7, 11) is 0. The fourth-order valence-corrected chi connectivity index (χ4v) is 3.25. The van der Waals surface area contributed by atoms with E-state index in [1.807, 2.05) is 27.7 Å². The smallest absolute Gasteiger partial charge is 0.303 e. The monoisotopic (exact) mass is 364 g/mol. The van der Waals surface area contributed by atoms with Crippen LogP contribution in [0, 0.1) is 10.8 Å². The molecule has 0 aromatic heterocycles. The van der Waals surface area contributed by atoms with Crippen LogP contribution < -0.4 is 0 Å². The molecule has 0 aromatic carbocycles. The number of carbonyl (C=O) groups excluding carboxylic acids is 2. The quantitative estimate of drug-likeness (QED) is 0.574. The maximum atomic E-state index is 12.6. The van der Waals surface area contributed by atoms with Crippen LogP contribution in [-0.2, 0) is 19.2 Å². The van der Waals surface area contributed by atoms with Crippen molar-refractivity contribution in [3.8, 4) is 0 Å². The van der Waals surface area contributed by atoms with E-state index >= 15 is 0 Å². The zero-order valence-electron chi connectivity index (χ0n) is 15.9. The van der Waals surface area contributed by atoms with Gasteiger partial charge in [-0.05, 0) is 48.7 Å². The molecule has 0 fully saturated rings. The van der Waals surface area contributed by atoms with Gasteiger partial charge in [-0.3, -0.25) is 19.2 Å². The Hall–Kier alpha value is -2.24. The van der Waals surface area contributed by atoms with Crippen molar-refractivity contribution in [1.82, 2.24) is 0 Å². The van der Waals surface area contributed by atoms with Crippen LogP contribution in [0.2, 0.25) is 0 Å². The first-order chi connectivity index (χ1) is 11.9. The van der Waals surface area contributed by atoms with Gasteiger partial charge in [-0.15, -0.1) is 0 Å². The van der Waals surface area contributed by atoms with E-state index in [0.29, 0.717) is 36.8 Å². The minimum atomic E-state index is -0.883. The standard InChI is InChI=1S/C20H28O6/c1-19(2,9-5-7-17(23)24)13-11-16(22)14(12-15(13)21)20(3,4)10-6-8-18(25)26/h11-12H,5-10H2,1-4H3,(H,23,24)(H,25,26). The fourth-order valence-electron chi connectivity index (χ4n) is 3.25. The molecule has 2 N–H and O–H groups in total. The molecule has 0 bridgehead atoms. The minimum absolute atomic E-state index is 0.0243. The van der Waals surface area contributed by atoms with Crippen molar-refractivity contribution in [3.63, 3.8) is 0 Å². The molecule has 0 heterocycles. The molecule has 1 aliphatic carbocycles. The lowest BCUT2D eigenvalue weighted by atomic mass is 9.70. The topological polar surface area (TPSA) is 109 Å². The van der Waals surface area contributed by atoms with Crippen molar-refractivity contribution in [3.05, 3.63) is 23.3 Å². The molecule has 0 aromatic rings. The van der Waals surface area contributed by atoms with Gasteiger partial charge in [0, 0.05) is 24.0 Å². The number of allylic oxidation sites excluding steroid dienone is 4. The third-order valence-electron chi connectivity index (χ3n) is 4.92. The highest BCUT2D eigenvalue weighted by atomic mass is 16.4. The average Bonchev–Trinajstić information content (AvgIpc) is 2.47. The van der Waals surface area contributed by atoms with Gasteiger partial charge in [0.25, 0.3) is 0 Å². The Morgan fingerprint density at radius 3 is 1.35 bits per heavy atom. The van der Waals surface area contributed by atoms with Crippen LogP contribution in [0.25, 0.3) is 0 Å². The zero-order valence-corrected chi connectivity index (χ0v) is 15.9. The van der Waals surface area contributed by atoms with Gasteiger partial charge in [0.2, 0.25) is 0 Å². The Bertz CT molecular complexity index is 606. The summed E-state index contributed by atoms with van der Waals surface area (Å²) in [6.07, 6.45) is 4.64. The van der Waals surface area contributed by atoms with E-state index in [-0.39, 0.29) is 24.4 Å². The molecule has 6 heteroatoms. The third-order valence-corrected chi connectivity index (χ3v) is 4.92. The van der Waals surface area contributed by atoms with Crippen molar-refractivity contribution in [2.45, 2.75) is 66.2 Å². The summed E-state index contributed by atoms with van der Waals surface area (Å²) in [5, 5.41) is 17.5. The molecule has 0 saturated carbocycles. The summed E-state index contributed by atoms with van der Waals surface area (Å²) in [6.45, 7) is 7.34. The number of ketones is 2. The van der Waals surface area contributed by atoms with Crippen LogP contribution in [0.15, 0.2) is 23.3 Å². The predicted octanol–water partition coefficient (Wildman–Crippen LogP) is 3.55. The van der Waals surface area contributed by atoms with E-state index in [9.17, 15) is 19.2 Å². The fraction of sp³-hybridized carbons (Fsp3) is 0.600. The van der Waals surface area contributed by atoms with Crippen LogP contribution in [0.1, 0.15) is 66.2 Å². The number of carbonyl (C=O) groups is 4. The highest BCUT2D eigenvalue weighted by Crippen LogP contribution is 2.40. The van der Waals surface area contributed by atoms with Crippen LogP contribution in [0.5, 0.6) is 0 Å². The van der Waals surface area contributed by atoms with Gasteiger partial charge in [-0.2, -0.15) is 0 Å². The predicted molar refractivity (Wildman–Crippen MR) is 96.7 cm³/mol. The molecular weight excluding hydrogens is 336 g/mol. The highest BCUT2D eigenvalue weighted by Gasteiger charge is 2.36. The highest BCUT2D eigenvalue weighted by molar-refractivity contribution is 6.20. The van der Waals surface area contributed by atoms with Crippen molar-refractivity contribution in [2.75, 3.05) is 0 Å². The van der Waals surface area contributed by atoms with E-state index in [2.05, 4.69) is 0 Å². The SMILES string of the molecule is CC(C)(CCCC(=O)O)C1=CC(=O)C(C(C)(C)CCCC(=O)O)=CC1=O. The Kier molecular flexibility index (Phi) is 7.07.